The van der Waals surface area contributed by atoms with E-state index >= 15 is 0 Å². The molecule has 0 bridgehead atoms. The number of aromatic nitrogens is 1. The number of rotatable bonds is 6. The summed E-state index contributed by atoms with van der Waals surface area (Å²) in [6, 6.07) is 11.7. The molecule has 0 fully saturated rings. The lowest BCUT2D eigenvalue weighted by Crippen LogP contribution is -2.13. The van der Waals surface area contributed by atoms with Gasteiger partial charge in [-0.2, -0.15) is 4.99 Å². The first kappa shape index (κ1) is 19.2. The highest BCUT2D eigenvalue weighted by molar-refractivity contribution is 7.16. The van der Waals surface area contributed by atoms with Crippen molar-refractivity contribution in [2.75, 3.05) is 14.2 Å². The molecule has 0 radical (unpaired) electrons. The Kier molecular flexibility index (Phi) is 5.96. The maximum Gasteiger partial charge on any atom is 0.283 e. The van der Waals surface area contributed by atoms with Gasteiger partial charge in [0.05, 0.1) is 30.0 Å². The topological polar surface area (TPSA) is 52.8 Å². The second kappa shape index (κ2) is 8.39. The van der Waals surface area contributed by atoms with Crippen LogP contribution in [0, 0.1) is 0 Å². The Balaban J connectivity index is 2.03. The lowest BCUT2D eigenvalue weighted by molar-refractivity contribution is 0.0994. The molecule has 0 aliphatic carbocycles. The molecule has 0 spiro atoms. The Bertz CT molecular complexity index is 1030. The third kappa shape index (κ3) is 3.90. The quantitative estimate of drug-likeness (QED) is 0.635. The van der Waals surface area contributed by atoms with Crippen LogP contribution >= 0.6 is 11.3 Å². The van der Waals surface area contributed by atoms with Crippen LogP contribution in [0.15, 0.2) is 41.4 Å². The van der Waals surface area contributed by atoms with Gasteiger partial charge in [0, 0.05) is 7.05 Å². The van der Waals surface area contributed by atoms with E-state index in [-0.39, 0.29) is 5.91 Å². The van der Waals surface area contributed by atoms with Crippen LogP contribution < -0.4 is 14.3 Å². The molecule has 1 aromatic heterocycles. The van der Waals surface area contributed by atoms with Gasteiger partial charge in [-0.1, -0.05) is 36.8 Å². The van der Waals surface area contributed by atoms with Crippen molar-refractivity contribution in [1.82, 2.24) is 4.57 Å². The Morgan fingerprint density at radius 3 is 2.70 bits per heavy atom. The second-order valence-corrected chi connectivity index (χ2v) is 7.32. The summed E-state index contributed by atoms with van der Waals surface area (Å²) in [6.45, 7) is 2.19. The number of carbonyl (C=O) groups is 1. The third-order valence-corrected chi connectivity index (χ3v) is 5.62. The number of benzene rings is 2. The van der Waals surface area contributed by atoms with Gasteiger partial charge in [0.25, 0.3) is 5.91 Å². The Labute approximate surface area is 162 Å². The van der Waals surface area contributed by atoms with Crippen molar-refractivity contribution in [2.45, 2.75) is 26.2 Å². The zero-order chi connectivity index (χ0) is 19.4. The molecule has 2 aromatic carbocycles. The molecule has 0 N–H and O–H groups in total. The number of methoxy groups -OCH3 is 2. The minimum Gasteiger partial charge on any atom is -0.493 e. The summed E-state index contributed by atoms with van der Waals surface area (Å²) in [5, 5.41) is 0. The molecule has 0 unspecified atom stereocenters. The SMILES string of the molecule is CCCCc1ccc2c(c1)sc(=NC(=O)c1cccc(OC)c1OC)n2C. The molecular weight excluding hydrogens is 360 g/mol. The molecule has 27 heavy (non-hydrogen) atoms. The molecule has 0 saturated heterocycles. The van der Waals surface area contributed by atoms with Crippen molar-refractivity contribution in [3.63, 3.8) is 0 Å². The number of hydrogen-bond acceptors (Lipinski definition) is 4. The van der Waals surface area contributed by atoms with Gasteiger partial charge in [0.15, 0.2) is 16.3 Å². The summed E-state index contributed by atoms with van der Waals surface area (Å²) in [5.41, 5.74) is 2.78. The van der Waals surface area contributed by atoms with E-state index in [4.69, 9.17) is 9.47 Å². The molecule has 6 heteroatoms. The summed E-state index contributed by atoms with van der Waals surface area (Å²) in [5.74, 6) is 0.568. The predicted molar refractivity (Wildman–Crippen MR) is 109 cm³/mol. The standard InChI is InChI=1S/C21H24N2O3S/c1-5-6-8-14-11-12-16-18(13-14)27-21(23(16)2)22-20(24)15-9-7-10-17(25-3)19(15)26-4/h7,9-13H,5-6,8H2,1-4H3. The van der Waals surface area contributed by atoms with Crippen LogP contribution in [0.25, 0.3) is 10.2 Å². The Morgan fingerprint density at radius 1 is 1.19 bits per heavy atom. The van der Waals surface area contributed by atoms with Crippen molar-refractivity contribution in [1.29, 1.82) is 0 Å². The van der Waals surface area contributed by atoms with Gasteiger partial charge in [-0.05, 0) is 42.7 Å². The van der Waals surface area contributed by atoms with Crippen LogP contribution in [0.2, 0.25) is 0 Å². The summed E-state index contributed by atoms with van der Waals surface area (Å²) in [4.78, 5) is 17.8. The Morgan fingerprint density at radius 2 is 2.00 bits per heavy atom. The summed E-state index contributed by atoms with van der Waals surface area (Å²) in [7, 11) is 5.00. The molecule has 5 nitrogen and oxygen atoms in total. The zero-order valence-corrected chi connectivity index (χ0v) is 16.9. The van der Waals surface area contributed by atoms with Crippen molar-refractivity contribution in [3.8, 4) is 11.5 Å². The van der Waals surface area contributed by atoms with Crippen LogP contribution in [0.3, 0.4) is 0 Å². The lowest BCUT2D eigenvalue weighted by Gasteiger charge is -2.09. The molecular formula is C21H24N2O3S. The van der Waals surface area contributed by atoms with Crippen LogP contribution in [-0.2, 0) is 13.5 Å². The number of aryl methyl sites for hydroxylation is 2. The normalized spacial score (nSPS) is 11.8. The average molecular weight is 385 g/mol. The maximum atomic E-state index is 12.8. The number of thiazole rings is 1. The molecule has 3 rings (SSSR count). The molecule has 3 aromatic rings. The number of fused-ring (bicyclic) bond motifs is 1. The number of amides is 1. The molecule has 1 heterocycles. The first-order chi connectivity index (χ1) is 13.1. The molecule has 142 valence electrons. The van der Waals surface area contributed by atoms with Gasteiger partial charge in [-0.3, -0.25) is 4.79 Å². The van der Waals surface area contributed by atoms with Gasteiger partial charge in [-0.25, -0.2) is 0 Å². The number of para-hydroxylation sites is 1. The maximum absolute atomic E-state index is 12.8. The first-order valence-corrected chi connectivity index (χ1v) is 9.79. The van der Waals surface area contributed by atoms with Crippen LogP contribution in [0.1, 0.15) is 35.7 Å². The smallest absolute Gasteiger partial charge is 0.283 e. The van der Waals surface area contributed by atoms with Crippen molar-refractivity contribution in [3.05, 3.63) is 52.3 Å². The van der Waals surface area contributed by atoms with Crippen LogP contribution in [-0.4, -0.2) is 24.7 Å². The minimum atomic E-state index is -0.348. The number of nitrogens with zero attached hydrogens (tertiary/aromatic N) is 2. The van der Waals surface area contributed by atoms with Gasteiger partial charge < -0.3 is 14.0 Å². The van der Waals surface area contributed by atoms with Crippen molar-refractivity contribution >= 4 is 27.5 Å². The number of unbranched alkanes of at least 4 members (excludes halogenated alkanes) is 1. The van der Waals surface area contributed by atoms with E-state index < -0.39 is 0 Å². The Hall–Kier alpha value is -2.60. The van der Waals surface area contributed by atoms with E-state index in [2.05, 4.69) is 30.1 Å². The highest BCUT2D eigenvalue weighted by Gasteiger charge is 2.16. The van der Waals surface area contributed by atoms with Crippen LogP contribution in [0.5, 0.6) is 11.5 Å². The zero-order valence-electron chi connectivity index (χ0n) is 16.1. The summed E-state index contributed by atoms with van der Waals surface area (Å²) in [6.07, 6.45) is 3.42. The van der Waals surface area contributed by atoms with Crippen LogP contribution in [0.4, 0.5) is 0 Å². The van der Waals surface area contributed by atoms with Gasteiger partial charge >= 0.3 is 0 Å². The summed E-state index contributed by atoms with van der Waals surface area (Å²) >= 11 is 1.52. The van der Waals surface area contributed by atoms with E-state index in [1.54, 1.807) is 25.3 Å². The van der Waals surface area contributed by atoms with Crippen molar-refractivity contribution < 1.29 is 14.3 Å². The van der Waals surface area contributed by atoms with E-state index in [1.165, 1.54) is 36.9 Å². The largest absolute Gasteiger partial charge is 0.493 e. The van der Waals surface area contributed by atoms with E-state index in [0.29, 0.717) is 21.9 Å². The van der Waals surface area contributed by atoms with E-state index in [1.807, 2.05) is 11.6 Å². The lowest BCUT2D eigenvalue weighted by atomic mass is 10.1. The fourth-order valence-corrected chi connectivity index (χ4v) is 4.10. The molecule has 0 saturated carbocycles. The number of ether oxygens (including phenoxy) is 2. The highest BCUT2D eigenvalue weighted by Crippen LogP contribution is 2.31. The molecule has 0 aliphatic heterocycles. The fraction of sp³-hybridized carbons (Fsp3) is 0.333. The predicted octanol–water partition coefficient (Wildman–Crippen LogP) is 4.34. The molecule has 0 atom stereocenters. The van der Waals surface area contributed by atoms with Gasteiger partial charge in [0.1, 0.15) is 0 Å². The monoisotopic (exact) mass is 384 g/mol. The van der Waals surface area contributed by atoms with Gasteiger partial charge in [0.2, 0.25) is 0 Å². The number of hydrogen-bond donors (Lipinski definition) is 0. The highest BCUT2D eigenvalue weighted by atomic mass is 32.1. The first-order valence-electron chi connectivity index (χ1n) is 8.97. The molecule has 1 amide bonds. The third-order valence-electron chi connectivity index (χ3n) is 4.52. The van der Waals surface area contributed by atoms with E-state index in [0.717, 1.165) is 16.6 Å². The van der Waals surface area contributed by atoms with E-state index in [9.17, 15) is 4.79 Å². The second-order valence-electron chi connectivity index (χ2n) is 6.31. The molecule has 0 aliphatic rings. The van der Waals surface area contributed by atoms with Crippen molar-refractivity contribution in [2.24, 2.45) is 12.0 Å². The average Bonchev–Trinajstić information content (AvgIpc) is 3.00. The fourth-order valence-electron chi connectivity index (χ4n) is 3.02. The number of carbonyl (C=O) groups excluding carboxylic acids is 1. The summed E-state index contributed by atoms with van der Waals surface area (Å²) < 4.78 is 13.7. The minimum absolute atomic E-state index is 0.348. The van der Waals surface area contributed by atoms with Gasteiger partial charge in [-0.15, -0.1) is 0 Å².